The van der Waals surface area contributed by atoms with Crippen LogP contribution in [0.1, 0.15) is 44.5 Å². The van der Waals surface area contributed by atoms with E-state index in [2.05, 4.69) is 20.8 Å². The van der Waals surface area contributed by atoms with Gasteiger partial charge in [0.2, 0.25) is 0 Å². The van der Waals surface area contributed by atoms with E-state index in [0.29, 0.717) is 25.6 Å². The fraction of sp³-hybridized carbons (Fsp3) is 0.476. The van der Waals surface area contributed by atoms with Crippen molar-refractivity contribution in [2.45, 2.75) is 52.9 Å². The first-order chi connectivity index (χ1) is 13.8. The number of nitrogens with one attached hydrogen (secondary N) is 2. The van der Waals surface area contributed by atoms with Gasteiger partial charge in [-0.15, -0.1) is 0 Å². The Bertz CT molecular complexity index is 780. The molecule has 0 atom stereocenters. The van der Waals surface area contributed by atoms with Crippen LogP contribution >= 0.6 is 0 Å². The lowest BCUT2D eigenvalue weighted by molar-refractivity contribution is 0.0285. The summed E-state index contributed by atoms with van der Waals surface area (Å²) < 4.78 is 10.2. The van der Waals surface area contributed by atoms with E-state index >= 15 is 0 Å². The average molecular weight is 402 g/mol. The summed E-state index contributed by atoms with van der Waals surface area (Å²) in [5, 5.41) is 10.3. The third-order valence-corrected chi connectivity index (χ3v) is 3.84. The second-order valence-corrected chi connectivity index (χ2v) is 7.69. The van der Waals surface area contributed by atoms with Gasteiger partial charge in [0.15, 0.2) is 5.96 Å². The van der Waals surface area contributed by atoms with Crippen LogP contribution in [0.4, 0.5) is 4.79 Å². The smallest absolute Gasteiger partial charge is 0.410 e. The highest BCUT2D eigenvalue weighted by molar-refractivity contribution is 5.79. The standard InChI is InChI=1S/C21H31N5O3/c1-6-22-19(24-14-18-11-12-28-25-18)23-13-16-7-9-17(10-8-16)15-26(5)20(27)29-21(2,3)4/h7-12H,6,13-15H2,1-5H3,(H2,22,23,24). The summed E-state index contributed by atoms with van der Waals surface area (Å²) in [6.07, 6.45) is 1.21. The van der Waals surface area contributed by atoms with Crippen LogP contribution in [0.3, 0.4) is 0 Å². The Kier molecular flexibility index (Phi) is 8.06. The van der Waals surface area contributed by atoms with Gasteiger partial charge >= 0.3 is 6.09 Å². The van der Waals surface area contributed by atoms with Crippen molar-refractivity contribution < 1.29 is 14.1 Å². The molecule has 0 unspecified atom stereocenters. The molecule has 1 heterocycles. The van der Waals surface area contributed by atoms with E-state index in [4.69, 9.17) is 9.26 Å². The third kappa shape index (κ3) is 8.25. The van der Waals surface area contributed by atoms with Gasteiger partial charge in [-0.3, -0.25) is 0 Å². The van der Waals surface area contributed by atoms with Gasteiger partial charge in [0.05, 0.1) is 13.1 Å². The molecule has 0 aliphatic carbocycles. The van der Waals surface area contributed by atoms with E-state index in [1.807, 2.05) is 58.0 Å². The van der Waals surface area contributed by atoms with Crippen LogP contribution < -0.4 is 10.6 Å². The number of aromatic nitrogens is 1. The SMILES string of the molecule is CCNC(=NCc1ccc(CN(C)C(=O)OC(C)(C)C)cc1)NCc1ccon1. The zero-order chi connectivity index (χ0) is 21.3. The molecule has 8 nitrogen and oxygen atoms in total. The van der Waals surface area contributed by atoms with Crippen LogP contribution in [-0.4, -0.2) is 41.3 Å². The number of aliphatic imine (C=N–C) groups is 1. The Hall–Kier alpha value is -3.03. The van der Waals surface area contributed by atoms with Crippen LogP contribution in [0.15, 0.2) is 46.1 Å². The molecule has 2 aromatic rings. The first-order valence-corrected chi connectivity index (χ1v) is 9.70. The Morgan fingerprint density at radius 3 is 2.45 bits per heavy atom. The maximum atomic E-state index is 12.1. The van der Waals surface area contributed by atoms with E-state index in [0.717, 1.165) is 23.4 Å². The number of carbonyl (C=O) groups excluding carboxylic acids is 1. The lowest BCUT2D eigenvalue weighted by atomic mass is 10.1. The fourth-order valence-corrected chi connectivity index (χ4v) is 2.44. The highest BCUT2D eigenvalue weighted by atomic mass is 16.6. The number of ether oxygens (including phenoxy) is 1. The van der Waals surface area contributed by atoms with E-state index in [1.165, 1.54) is 0 Å². The van der Waals surface area contributed by atoms with Gasteiger partial charge in [0, 0.05) is 26.2 Å². The number of nitrogens with zero attached hydrogens (tertiary/aromatic N) is 3. The summed E-state index contributed by atoms with van der Waals surface area (Å²) in [4.78, 5) is 18.2. The Morgan fingerprint density at radius 1 is 1.17 bits per heavy atom. The Morgan fingerprint density at radius 2 is 1.86 bits per heavy atom. The summed E-state index contributed by atoms with van der Waals surface area (Å²) in [6.45, 7) is 9.92. The zero-order valence-corrected chi connectivity index (χ0v) is 17.9. The van der Waals surface area contributed by atoms with Gasteiger partial charge in [0.25, 0.3) is 0 Å². The Balaban J connectivity index is 1.89. The Labute approximate surface area is 172 Å². The number of guanidine groups is 1. The number of amides is 1. The lowest BCUT2D eigenvalue weighted by Gasteiger charge is -2.24. The molecule has 2 N–H and O–H groups in total. The number of benzene rings is 1. The van der Waals surface area contributed by atoms with Gasteiger partial charge in [-0.1, -0.05) is 29.4 Å². The maximum Gasteiger partial charge on any atom is 0.410 e. The quantitative estimate of drug-likeness (QED) is 0.546. The van der Waals surface area contributed by atoms with Crippen molar-refractivity contribution in [2.24, 2.45) is 4.99 Å². The average Bonchev–Trinajstić information content (AvgIpc) is 3.17. The summed E-state index contributed by atoms with van der Waals surface area (Å²) >= 11 is 0. The molecule has 1 aromatic heterocycles. The van der Waals surface area contributed by atoms with Gasteiger partial charge < -0.3 is 24.8 Å². The van der Waals surface area contributed by atoms with Gasteiger partial charge in [0.1, 0.15) is 17.6 Å². The normalized spacial score (nSPS) is 11.8. The summed E-state index contributed by atoms with van der Waals surface area (Å²) in [6, 6.07) is 9.85. The third-order valence-electron chi connectivity index (χ3n) is 3.84. The van der Waals surface area contributed by atoms with E-state index < -0.39 is 5.60 Å². The van der Waals surface area contributed by atoms with Gasteiger partial charge in [-0.25, -0.2) is 9.79 Å². The predicted octanol–water partition coefficient (Wildman–Crippen LogP) is 3.30. The maximum absolute atomic E-state index is 12.1. The molecule has 0 saturated heterocycles. The van der Waals surface area contributed by atoms with E-state index in [-0.39, 0.29) is 6.09 Å². The van der Waals surface area contributed by atoms with Crippen molar-refractivity contribution in [1.29, 1.82) is 0 Å². The number of carbonyl (C=O) groups is 1. The van der Waals surface area contributed by atoms with Crippen LogP contribution in [-0.2, 0) is 24.4 Å². The summed E-state index contributed by atoms with van der Waals surface area (Å²) in [7, 11) is 1.73. The number of rotatable bonds is 7. The first-order valence-electron chi connectivity index (χ1n) is 9.70. The minimum absolute atomic E-state index is 0.334. The van der Waals surface area contributed by atoms with Gasteiger partial charge in [-0.2, -0.15) is 0 Å². The molecule has 0 fully saturated rings. The molecule has 0 radical (unpaired) electrons. The minimum Gasteiger partial charge on any atom is -0.444 e. The van der Waals surface area contributed by atoms with Crippen molar-refractivity contribution in [3.05, 3.63) is 53.4 Å². The molecular formula is C21H31N5O3. The van der Waals surface area contributed by atoms with Gasteiger partial charge in [-0.05, 0) is 38.8 Å². The molecule has 0 spiro atoms. The monoisotopic (exact) mass is 401 g/mol. The van der Waals surface area contributed by atoms with Crippen LogP contribution in [0.2, 0.25) is 0 Å². The predicted molar refractivity (Wildman–Crippen MR) is 112 cm³/mol. The molecule has 0 bridgehead atoms. The summed E-state index contributed by atoms with van der Waals surface area (Å²) in [5.41, 5.74) is 2.42. The second kappa shape index (κ2) is 10.5. The van der Waals surface area contributed by atoms with E-state index in [9.17, 15) is 4.79 Å². The molecule has 2 rings (SSSR count). The molecule has 0 aliphatic heterocycles. The molecule has 1 amide bonds. The molecule has 0 aliphatic rings. The molecule has 1 aromatic carbocycles. The van der Waals surface area contributed by atoms with Crippen molar-refractivity contribution in [1.82, 2.24) is 20.7 Å². The minimum atomic E-state index is -0.501. The van der Waals surface area contributed by atoms with E-state index in [1.54, 1.807) is 18.2 Å². The topological polar surface area (TPSA) is 92.0 Å². The molecule has 0 saturated carbocycles. The number of hydrogen-bond acceptors (Lipinski definition) is 5. The van der Waals surface area contributed by atoms with Crippen molar-refractivity contribution in [2.75, 3.05) is 13.6 Å². The highest BCUT2D eigenvalue weighted by Gasteiger charge is 2.19. The summed E-state index contributed by atoms with van der Waals surface area (Å²) in [5.74, 6) is 0.712. The van der Waals surface area contributed by atoms with Crippen molar-refractivity contribution >= 4 is 12.1 Å². The molecule has 29 heavy (non-hydrogen) atoms. The number of hydrogen-bond donors (Lipinski definition) is 2. The van der Waals surface area contributed by atoms with Crippen LogP contribution in [0, 0.1) is 0 Å². The zero-order valence-electron chi connectivity index (χ0n) is 17.9. The lowest BCUT2D eigenvalue weighted by Crippen LogP contribution is -2.36. The first kappa shape index (κ1) is 22.3. The molecule has 158 valence electrons. The molecular weight excluding hydrogens is 370 g/mol. The highest BCUT2D eigenvalue weighted by Crippen LogP contribution is 2.12. The molecule has 8 heteroatoms. The van der Waals surface area contributed by atoms with Crippen LogP contribution in [0.5, 0.6) is 0 Å². The van der Waals surface area contributed by atoms with Crippen molar-refractivity contribution in [3.63, 3.8) is 0 Å². The fourth-order valence-electron chi connectivity index (χ4n) is 2.44. The second-order valence-electron chi connectivity index (χ2n) is 7.69. The largest absolute Gasteiger partial charge is 0.444 e. The van der Waals surface area contributed by atoms with Crippen molar-refractivity contribution in [3.8, 4) is 0 Å². The van der Waals surface area contributed by atoms with Crippen LogP contribution in [0.25, 0.3) is 0 Å².